The zero-order chi connectivity index (χ0) is 16.9. The van der Waals surface area contributed by atoms with Crippen LogP contribution < -0.4 is 5.32 Å². The van der Waals surface area contributed by atoms with E-state index in [4.69, 9.17) is 0 Å². The number of hydrogen-bond acceptors (Lipinski definition) is 3. The Balaban J connectivity index is 1.80. The topological polar surface area (TPSA) is 62.3 Å². The molecule has 2 aromatic rings. The molecule has 24 heavy (non-hydrogen) atoms. The van der Waals surface area contributed by atoms with E-state index in [9.17, 15) is 9.59 Å². The maximum Gasteiger partial charge on any atom is 0.240 e. The predicted molar refractivity (Wildman–Crippen MR) is 91.2 cm³/mol. The van der Waals surface area contributed by atoms with Crippen LogP contribution in [0.3, 0.4) is 0 Å². The Kier molecular flexibility index (Phi) is 4.89. The summed E-state index contributed by atoms with van der Waals surface area (Å²) in [5.41, 5.74) is 2.89. The molecule has 1 fully saturated rings. The second-order valence-electron chi connectivity index (χ2n) is 6.09. The minimum atomic E-state index is -0.323. The Morgan fingerprint density at radius 3 is 2.83 bits per heavy atom. The zero-order valence-corrected chi connectivity index (χ0v) is 13.7. The van der Waals surface area contributed by atoms with Crippen molar-refractivity contribution in [3.8, 4) is 0 Å². The highest BCUT2D eigenvalue weighted by atomic mass is 16.2. The smallest absolute Gasteiger partial charge is 0.240 e. The van der Waals surface area contributed by atoms with E-state index in [2.05, 4.69) is 10.3 Å². The van der Waals surface area contributed by atoms with Crippen LogP contribution in [-0.4, -0.2) is 34.8 Å². The average molecular weight is 323 g/mol. The second kappa shape index (κ2) is 7.25. The summed E-state index contributed by atoms with van der Waals surface area (Å²) in [5, 5.41) is 3.03. The lowest BCUT2D eigenvalue weighted by atomic mass is 10.0. The van der Waals surface area contributed by atoms with Gasteiger partial charge in [0.25, 0.3) is 0 Å². The number of likely N-dealkylation sites (tertiary alicyclic amines) is 1. The fourth-order valence-electron chi connectivity index (χ4n) is 2.98. The van der Waals surface area contributed by atoms with Crippen LogP contribution in [0.1, 0.15) is 35.7 Å². The van der Waals surface area contributed by atoms with Gasteiger partial charge in [-0.1, -0.05) is 35.9 Å². The molecule has 0 bridgehead atoms. The molecule has 5 heteroatoms. The van der Waals surface area contributed by atoms with Crippen molar-refractivity contribution < 1.29 is 9.59 Å². The molecule has 5 nitrogen and oxygen atoms in total. The average Bonchev–Trinajstić information content (AvgIpc) is 2.98. The molecule has 1 atom stereocenters. The first kappa shape index (κ1) is 16.2. The lowest BCUT2D eigenvalue weighted by Crippen LogP contribution is -2.39. The number of carbonyl (C=O) groups excluding carboxylic acids is 2. The summed E-state index contributed by atoms with van der Waals surface area (Å²) < 4.78 is 0. The van der Waals surface area contributed by atoms with Crippen molar-refractivity contribution in [1.82, 2.24) is 15.2 Å². The third-order valence-electron chi connectivity index (χ3n) is 4.17. The summed E-state index contributed by atoms with van der Waals surface area (Å²) in [6.45, 7) is 2.78. The monoisotopic (exact) mass is 323 g/mol. The number of nitrogens with zero attached hydrogens (tertiary/aromatic N) is 2. The highest BCUT2D eigenvalue weighted by Crippen LogP contribution is 2.21. The van der Waals surface area contributed by atoms with E-state index in [1.807, 2.05) is 49.4 Å². The number of aryl methyl sites for hydroxylation is 1. The Labute approximate surface area is 141 Å². The predicted octanol–water partition coefficient (Wildman–Crippen LogP) is 2.22. The van der Waals surface area contributed by atoms with E-state index in [0.29, 0.717) is 13.0 Å². The molecule has 1 N–H and O–H groups in total. The van der Waals surface area contributed by atoms with E-state index >= 15 is 0 Å². The minimum Gasteiger partial charge on any atom is -0.342 e. The molecule has 0 saturated carbocycles. The molecule has 1 unspecified atom stereocenters. The Morgan fingerprint density at radius 1 is 1.29 bits per heavy atom. The van der Waals surface area contributed by atoms with Gasteiger partial charge in [0.15, 0.2) is 0 Å². The Bertz CT molecular complexity index is 730. The molecular formula is C19H21N3O2. The van der Waals surface area contributed by atoms with Crippen LogP contribution in [0.25, 0.3) is 0 Å². The number of rotatable bonds is 5. The summed E-state index contributed by atoms with van der Waals surface area (Å²) in [6, 6.07) is 13.3. The van der Waals surface area contributed by atoms with Crippen LogP contribution in [0, 0.1) is 6.92 Å². The molecule has 3 rings (SSSR count). The quantitative estimate of drug-likeness (QED) is 0.918. The van der Waals surface area contributed by atoms with Crippen LogP contribution in [0.15, 0.2) is 48.7 Å². The number of pyridine rings is 1. The van der Waals surface area contributed by atoms with Crippen LogP contribution >= 0.6 is 0 Å². The van der Waals surface area contributed by atoms with Gasteiger partial charge < -0.3 is 10.2 Å². The van der Waals surface area contributed by atoms with E-state index in [-0.39, 0.29) is 24.4 Å². The first-order valence-electron chi connectivity index (χ1n) is 8.18. The maximum atomic E-state index is 12.5. The van der Waals surface area contributed by atoms with Gasteiger partial charge in [-0.3, -0.25) is 14.6 Å². The van der Waals surface area contributed by atoms with Crippen molar-refractivity contribution in [3.05, 3.63) is 65.5 Å². The summed E-state index contributed by atoms with van der Waals surface area (Å²) >= 11 is 0. The van der Waals surface area contributed by atoms with E-state index < -0.39 is 0 Å². The van der Waals surface area contributed by atoms with Crippen LogP contribution in [0.4, 0.5) is 0 Å². The third kappa shape index (κ3) is 3.79. The minimum absolute atomic E-state index is 0.0510. The molecule has 124 valence electrons. The number of benzene rings is 1. The van der Waals surface area contributed by atoms with Crippen molar-refractivity contribution in [2.24, 2.45) is 0 Å². The summed E-state index contributed by atoms with van der Waals surface area (Å²) in [4.78, 5) is 30.2. The lowest BCUT2D eigenvalue weighted by Gasteiger charge is -2.21. The Hall–Kier alpha value is -2.69. The van der Waals surface area contributed by atoms with Gasteiger partial charge in [0.05, 0.1) is 18.3 Å². The van der Waals surface area contributed by atoms with Gasteiger partial charge in [-0.2, -0.15) is 0 Å². The van der Waals surface area contributed by atoms with Crippen molar-refractivity contribution in [2.45, 2.75) is 25.8 Å². The maximum absolute atomic E-state index is 12.5. The fourth-order valence-corrected chi connectivity index (χ4v) is 2.98. The molecule has 1 aromatic carbocycles. The largest absolute Gasteiger partial charge is 0.342 e. The van der Waals surface area contributed by atoms with Crippen molar-refractivity contribution in [2.75, 3.05) is 13.1 Å². The number of nitrogens with one attached hydrogen (secondary N) is 1. The van der Waals surface area contributed by atoms with E-state index in [1.165, 1.54) is 0 Å². The molecule has 1 saturated heterocycles. The van der Waals surface area contributed by atoms with Crippen LogP contribution in [0.2, 0.25) is 0 Å². The SMILES string of the molecule is Cc1cccc(C(NC(=O)CN2CCCC2=O)c2ccccn2)c1. The van der Waals surface area contributed by atoms with Gasteiger partial charge in [0.2, 0.25) is 11.8 Å². The Morgan fingerprint density at radius 2 is 2.17 bits per heavy atom. The van der Waals surface area contributed by atoms with Crippen molar-refractivity contribution >= 4 is 11.8 Å². The van der Waals surface area contributed by atoms with Crippen LogP contribution in [-0.2, 0) is 9.59 Å². The van der Waals surface area contributed by atoms with Gasteiger partial charge in [0.1, 0.15) is 0 Å². The molecule has 0 aliphatic carbocycles. The molecule has 0 radical (unpaired) electrons. The molecule has 2 amide bonds. The summed E-state index contributed by atoms with van der Waals surface area (Å²) in [7, 11) is 0. The highest BCUT2D eigenvalue weighted by molar-refractivity contribution is 5.86. The van der Waals surface area contributed by atoms with E-state index in [1.54, 1.807) is 11.1 Å². The van der Waals surface area contributed by atoms with Gasteiger partial charge >= 0.3 is 0 Å². The molecule has 2 heterocycles. The number of hydrogen-bond donors (Lipinski definition) is 1. The van der Waals surface area contributed by atoms with Gasteiger partial charge in [-0.15, -0.1) is 0 Å². The first-order valence-corrected chi connectivity index (χ1v) is 8.18. The molecular weight excluding hydrogens is 302 g/mol. The first-order chi connectivity index (χ1) is 11.6. The van der Waals surface area contributed by atoms with Crippen molar-refractivity contribution in [1.29, 1.82) is 0 Å². The normalized spacial score (nSPS) is 15.4. The van der Waals surface area contributed by atoms with Gasteiger partial charge in [0, 0.05) is 19.2 Å². The highest BCUT2D eigenvalue weighted by Gasteiger charge is 2.24. The number of amides is 2. The summed E-state index contributed by atoms with van der Waals surface area (Å²) in [5.74, 6) is -0.113. The molecule has 1 aliphatic rings. The van der Waals surface area contributed by atoms with Crippen molar-refractivity contribution in [3.63, 3.8) is 0 Å². The zero-order valence-electron chi connectivity index (χ0n) is 13.7. The van der Waals surface area contributed by atoms with E-state index in [0.717, 1.165) is 23.2 Å². The molecule has 1 aliphatic heterocycles. The van der Waals surface area contributed by atoms with Gasteiger partial charge in [-0.25, -0.2) is 0 Å². The van der Waals surface area contributed by atoms with Gasteiger partial charge in [-0.05, 0) is 31.0 Å². The number of carbonyl (C=O) groups is 2. The summed E-state index contributed by atoms with van der Waals surface area (Å²) in [6.07, 6.45) is 3.08. The number of aromatic nitrogens is 1. The third-order valence-corrected chi connectivity index (χ3v) is 4.17. The fraction of sp³-hybridized carbons (Fsp3) is 0.316. The molecule has 1 aromatic heterocycles. The van der Waals surface area contributed by atoms with Crippen LogP contribution in [0.5, 0.6) is 0 Å². The lowest BCUT2D eigenvalue weighted by molar-refractivity contribution is -0.133. The standard InChI is InChI=1S/C19H21N3O2/c1-14-6-4-7-15(12-14)19(16-8-2-3-10-20-16)21-17(23)13-22-11-5-9-18(22)24/h2-4,6-8,10,12,19H,5,9,11,13H2,1H3,(H,21,23). The second-order valence-corrected chi connectivity index (χ2v) is 6.09. The molecule has 0 spiro atoms.